The Bertz CT molecular complexity index is 1760. The summed E-state index contributed by atoms with van der Waals surface area (Å²) in [6.07, 6.45) is 4.34. The largest absolute Gasteiger partial charge is 0.390 e. The van der Waals surface area contributed by atoms with Crippen LogP contribution in [0, 0.1) is 28.6 Å². The summed E-state index contributed by atoms with van der Waals surface area (Å²) in [4.78, 5) is 13.3. The number of piperidine rings is 1. The van der Waals surface area contributed by atoms with Gasteiger partial charge in [-0.1, -0.05) is 11.6 Å². The Balaban J connectivity index is 1.15. The van der Waals surface area contributed by atoms with E-state index in [4.69, 9.17) is 11.6 Å². The van der Waals surface area contributed by atoms with Crippen LogP contribution in [-0.2, 0) is 9.84 Å². The zero-order valence-electron chi connectivity index (χ0n) is 22.6. The zero-order chi connectivity index (χ0) is 29.2. The van der Waals surface area contributed by atoms with Crippen molar-refractivity contribution in [3.63, 3.8) is 0 Å². The van der Waals surface area contributed by atoms with Crippen LogP contribution in [0.2, 0.25) is 5.02 Å². The number of hydrogen-bond donors (Lipinski definition) is 3. The average Bonchev–Trinajstić information content (AvgIpc) is 3.41. The molecule has 2 unspecified atom stereocenters. The summed E-state index contributed by atoms with van der Waals surface area (Å²) >= 11 is 6.97. The molecule has 7 rings (SSSR count). The van der Waals surface area contributed by atoms with E-state index in [0.29, 0.717) is 46.9 Å². The first-order valence-corrected chi connectivity index (χ1v) is 16.2. The van der Waals surface area contributed by atoms with Crippen LogP contribution >= 0.6 is 11.6 Å². The normalized spacial score (nSPS) is 27.0. The maximum atomic E-state index is 12.1. The van der Waals surface area contributed by atoms with E-state index in [9.17, 15) is 24.0 Å². The number of aliphatic hydroxyl groups excluding tert-OH is 1. The monoisotopic (exact) mass is 608 g/mol. The number of nitrogens with zero attached hydrogens (tertiary/aromatic N) is 8. The number of likely N-dealkylation sites (tertiary alicyclic amines) is 1. The third-order valence-corrected chi connectivity index (χ3v) is 10.9. The lowest BCUT2D eigenvalue weighted by Crippen LogP contribution is -2.51. The predicted octanol–water partition coefficient (Wildman–Crippen LogP) is 1.90. The van der Waals surface area contributed by atoms with Crippen molar-refractivity contribution in [2.75, 3.05) is 46.7 Å². The lowest BCUT2D eigenvalue weighted by atomic mass is 9.91. The highest BCUT2D eigenvalue weighted by Crippen LogP contribution is 2.41. The molecule has 218 valence electrons. The van der Waals surface area contributed by atoms with E-state index in [0.717, 1.165) is 37.9 Å². The van der Waals surface area contributed by atoms with Gasteiger partial charge in [0.05, 0.1) is 57.9 Å². The van der Waals surface area contributed by atoms with Crippen LogP contribution in [0.15, 0.2) is 18.3 Å². The van der Waals surface area contributed by atoms with Gasteiger partial charge in [-0.25, -0.2) is 13.4 Å². The van der Waals surface area contributed by atoms with Crippen molar-refractivity contribution in [1.82, 2.24) is 24.5 Å². The molecule has 3 aliphatic heterocycles. The summed E-state index contributed by atoms with van der Waals surface area (Å²) in [6, 6.07) is 7.88. The molecule has 13 nitrogen and oxygen atoms in total. The number of anilines is 4. The summed E-state index contributed by atoms with van der Waals surface area (Å²) < 4.78 is 25.7. The molecule has 0 spiro atoms. The van der Waals surface area contributed by atoms with Gasteiger partial charge < -0.3 is 20.6 Å². The fraction of sp³-hybridized carbons (Fsp3) is 0.519. The van der Waals surface area contributed by atoms with Crippen molar-refractivity contribution in [1.29, 1.82) is 10.5 Å². The Hall–Kier alpha value is -3.69. The van der Waals surface area contributed by atoms with Crippen LogP contribution in [0.4, 0.5) is 23.1 Å². The minimum absolute atomic E-state index is 0.00680. The number of hydrogen-bond acceptors (Lipinski definition) is 12. The molecule has 4 aliphatic rings. The van der Waals surface area contributed by atoms with Crippen LogP contribution in [0.1, 0.15) is 36.9 Å². The second-order valence-electron chi connectivity index (χ2n) is 11.6. The quantitative estimate of drug-likeness (QED) is 0.371. The van der Waals surface area contributed by atoms with E-state index >= 15 is 0 Å². The number of fused-ring (bicyclic) bond motifs is 2. The van der Waals surface area contributed by atoms with Gasteiger partial charge in [-0.2, -0.15) is 20.0 Å². The summed E-state index contributed by atoms with van der Waals surface area (Å²) in [7, 11) is -3.23. The zero-order valence-corrected chi connectivity index (χ0v) is 24.2. The van der Waals surface area contributed by atoms with E-state index in [1.165, 1.54) is 10.7 Å². The molecule has 1 aliphatic carbocycles. The third kappa shape index (κ3) is 4.88. The van der Waals surface area contributed by atoms with Crippen molar-refractivity contribution >= 4 is 50.2 Å². The van der Waals surface area contributed by atoms with E-state index in [2.05, 4.69) is 47.6 Å². The highest BCUT2D eigenvalue weighted by Gasteiger charge is 2.47. The number of benzene rings is 1. The fourth-order valence-electron chi connectivity index (χ4n) is 6.62. The number of rotatable bonds is 6. The molecule has 4 atom stereocenters. The Kier molecular flexibility index (Phi) is 6.62. The molecule has 0 radical (unpaired) electrons. The van der Waals surface area contributed by atoms with Gasteiger partial charge in [0.15, 0.2) is 27.0 Å². The first-order valence-electron chi connectivity index (χ1n) is 14.1. The maximum Gasteiger partial charge on any atom is 0.247 e. The minimum atomic E-state index is -3.23. The van der Waals surface area contributed by atoms with E-state index < -0.39 is 15.9 Å². The summed E-state index contributed by atoms with van der Waals surface area (Å²) in [5.74, 6) is 0.834. The molecule has 15 heteroatoms. The molecule has 2 aromatic heterocycles. The number of halogens is 1. The molecule has 4 fully saturated rings. The van der Waals surface area contributed by atoms with Gasteiger partial charge in [-0.15, -0.1) is 5.10 Å². The van der Waals surface area contributed by atoms with Crippen LogP contribution in [-0.4, -0.2) is 93.4 Å². The third-order valence-electron chi connectivity index (χ3n) is 8.76. The molecule has 0 amide bonds. The predicted molar refractivity (Wildman–Crippen MR) is 155 cm³/mol. The highest BCUT2D eigenvalue weighted by atomic mass is 35.5. The van der Waals surface area contributed by atoms with Crippen molar-refractivity contribution in [2.45, 2.75) is 49.9 Å². The molecule has 3 N–H and O–H groups in total. The molecular weight excluding hydrogens is 580 g/mol. The van der Waals surface area contributed by atoms with Crippen molar-refractivity contribution in [3.05, 3.63) is 34.6 Å². The number of aromatic nitrogens is 4. The van der Waals surface area contributed by atoms with Crippen LogP contribution in [0.25, 0.3) is 5.65 Å². The standard InChI is InChI=1S/C27H29ClN10O3S/c28-24-19(33-27-34-25(32-17-1-2-17)26-31-11-18(10-30)38(26)35-27)7-15(9-29)8-21(24)36-5-4-20-16(12-36)3-6-37(20)22-13-42(40,41)14-23(22)39/h7-8,11,16-17,20,22-23,39H,1-6,12-14H2,(H2,32,33,34,35)/t16?,20?,22-,23-/m1/s1. The second kappa shape index (κ2) is 10.2. The first kappa shape index (κ1) is 27.2. The molecule has 5 heterocycles. The lowest BCUT2D eigenvalue weighted by molar-refractivity contribution is 0.0631. The number of aliphatic hydroxyl groups is 1. The second-order valence-corrected chi connectivity index (χ2v) is 14.1. The molecule has 0 bridgehead atoms. The van der Waals surface area contributed by atoms with Crippen molar-refractivity contribution < 1.29 is 13.5 Å². The van der Waals surface area contributed by atoms with Gasteiger partial charge in [0, 0.05) is 25.2 Å². The van der Waals surface area contributed by atoms with Gasteiger partial charge in [0.1, 0.15) is 6.07 Å². The maximum absolute atomic E-state index is 12.1. The molecule has 3 aromatic rings. The van der Waals surface area contributed by atoms with E-state index in [1.807, 2.05) is 0 Å². The van der Waals surface area contributed by atoms with Crippen molar-refractivity contribution in [2.24, 2.45) is 5.92 Å². The molecular formula is C27H29ClN10O3S. The van der Waals surface area contributed by atoms with E-state index in [1.54, 1.807) is 12.1 Å². The van der Waals surface area contributed by atoms with Gasteiger partial charge in [0.2, 0.25) is 5.95 Å². The van der Waals surface area contributed by atoms with Crippen LogP contribution < -0.4 is 15.5 Å². The van der Waals surface area contributed by atoms with Gasteiger partial charge in [0.25, 0.3) is 0 Å². The van der Waals surface area contributed by atoms with Gasteiger partial charge in [-0.05, 0) is 50.3 Å². The average molecular weight is 609 g/mol. The number of nitriles is 2. The number of imidazole rings is 1. The molecule has 3 saturated heterocycles. The van der Waals surface area contributed by atoms with Crippen molar-refractivity contribution in [3.8, 4) is 12.1 Å². The molecule has 1 saturated carbocycles. The lowest BCUT2D eigenvalue weighted by Gasteiger charge is -2.41. The van der Waals surface area contributed by atoms with Crippen LogP contribution in [0.5, 0.6) is 0 Å². The van der Waals surface area contributed by atoms with Crippen LogP contribution in [0.3, 0.4) is 0 Å². The summed E-state index contributed by atoms with van der Waals surface area (Å²) in [5.41, 5.74) is 2.33. The van der Waals surface area contributed by atoms with Gasteiger partial charge in [-0.3, -0.25) is 4.90 Å². The minimum Gasteiger partial charge on any atom is -0.390 e. The molecule has 42 heavy (non-hydrogen) atoms. The molecule has 1 aromatic carbocycles. The fourth-order valence-corrected chi connectivity index (χ4v) is 8.71. The Morgan fingerprint density at radius 1 is 1.07 bits per heavy atom. The topological polar surface area (TPSA) is 176 Å². The Labute approximate surface area is 247 Å². The summed E-state index contributed by atoms with van der Waals surface area (Å²) in [6.45, 7) is 2.11. The Morgan fingerprint density at radius 3 is 2.62 bits per heavy atom. The SMILES string of the molecule is N#Cc1cc(Nc2nc(NC3CC3)c3ncc(C#N)n3n2)c(Cl)c(N2CCC3C(CCN3[C@@H]3CS(=O)(=O)C[C@H]3O)C2)c1. The first-order chi connectivity index (χ1) is 20.2. The number of sulfone groups is 1. The summed E-state index contributed by atoms with van der Waals surface area (Å²) in [5, 5.41) is 41.3. The highest BCUT2D eigenvalue weighted by molar-refractivity contribution is 7.91. The number of nitrogens with one attached hydrogen (secondary N) is 2. The van der Waals surface area contributed by atoms with E-state index in [-0.39, 0.29) is 41.1 Å². The Morgan fingerprint density at radius 2 is 1.90 bits per heavy atom. The van der Waals surface area contributed by atoms with Gasteiger partial charge >= 0.3 is 0 Å². The smallest absolute Gasteiger partial charge is 0.247 e.